The predicted molar refractivity (Wildman–Crippen MR) is 81.9 cm³/mol. The van der Waals surface area contributed by atoms with Gasteiger partial charge in [-0.2, -0.15) is 0 Å². The van der Waals surface area contributed by atoms with Crippen molar-refractivity contribution in [3.63, 3.8) is 0 Å². The fraction of sp³-hybridized carbons (Fsp3) is 0.667. The molecular formula is C15H22N2O4S. The van der Waals surface area contributed by atoms with E-state index < -0.39 is 15.3 Å². The van der Waals surface area contributed by atoms with Crippen molar-refractivity contribution in [2.45, 2.75) is 49.8 Å². The van der Waals surface area contributed by atoms with Crippen LogP contribution >= 0.6 is 0 Å². The Bertz CT molecular complexity index is 605. The monoisotopic (exact) mass is 326 g/mol. The van der Waals surface area contributed by atoms with Crippen molar-refractivity contribution in [1.29, 1.82) is 0 Å². The summed E-state index contributed by atoms with van der Waals surface area (Å²) in [6.07, 6.45) is 6.75. The summed E-state index contributed by atoms with van der Waals surface area (Å²) in [4.78, 5) is 13.9. The molecule has 22 heavy (non-hydrogen) atoms. The topological polar surface area (TPSA) is 79.6 Å². The molecule has 2 heterocycles. The molecule has 2 fully saturated rings. The average molecular weight is 326 g/mol. The Morgan fingerprint density at radius 2 is 2.00 bits per heavy atom. The van der Waals surface area contributed by atoms with Crippen molar-refractivity contribution in [2.75, 3.05) is 13.1 Å². The summed E-state index contributed by atoms with van der Waals surface area (Å²) in [5, 5.41) is -0.527. The molecule has 0 aromatic carbocycles. The van der Waals surface area contributed by atoms with Crippen LogP contribution in [0.5, 0.6) is 0 Å². The number of hydrogen-bond donors (Lipinski definition) is 1. The van der Waals surface area contributed by atoms with E-state index >= 15 is 0 Å². The normalized spacial score (nSPS) is 23.8. The lowest BCUT2D eigenvalue weighted by molar-refractivity contribution is 0.0694. The Balaban J connectivity index is 1.65. The van der Waals surface area contributed by atoms with Crippen molar-refractivity contribution in [3.05, 3.63) is 24.2 Å². The van der Waals surface area contributed by atoms with Gasteiger partial charge in [-0.3, -0.25) is 4.79 Å². The molecule has 0 bridgehead atoms. The van der Waals surface area contributed by atoms with E-state index in [0.29, 0.717) is 19.4 Å². The van der Waals surface area contributed by atoms with E-state index in [2.05, 4.69) is 4.72 Å². The van der Waals surface area contributed by atoms with Gasteiger partial charge in [-0.25, -0.2) is 13.1 Å². The lowest BCUT2D eigenvalue weighted by Gasteiger charge is -2.32. The molecule has 1 amide bonds. The van der Waals surface area contributed by atoms with E-state index in [4.69, 9.17) is 4.42 Å². The lowest BCUT2D eigenvalue weighted by Crippen LogP contribution is -2.49. The molecule has 1 aromatic heterocycles. The number of furan rings is 1. The molecule has 1 aliphatic heterocycles. The summed E-state index contributed by atoms with van der Waals surface area (Å²) in [6.45, 7) is 0.816. The Kier molecular flexibility index (Phi) is 4.54. The minimum atomic E-state index is -3.38. The smallest absolute Gasteiger partial charge is 0.289 e. The first-order valence-electron chi connectivity index (χ1n) is 7.90. The summed E-state index contributed by atoms with van der Waals surface area (Å²) in [6, 6.07) is 3.34. The molecule has 3 rings (SSSR count). The SMILES string of the molecule is O=C(c1ccco1)N1CCC[C@H](S(=O)(=O)NC2CCCC2)C1. The second-order valence-corrected chi connectivity index (χ2v) is 8.13. The fourth-order valence-electron chi connectivity index (χ4n) is 3.30. The second kappa shape index (κ2) is 6.42. The van der Waals surface area contributed by atoms with Crippen LogP contribution in [0.2, 0.25) is 0 Å². The van der Waals surface area contributed by atoms with Gasteiger partial charge in [0.15, 0.2) is 5.76 Å². The van der Waals surface area contributed by atoms with Crippen molar-refractivity contribution in [1.82, 2.24) is 9.62 Å². The van der Waals surface area contributed by atoms with Gasteiger partial charge in [0, 0.05) is 19.1 Å². The molecule has 122 valence electrons. The van der Waals surface area contributed by atoms with E-state index in [1.807, 2.05) is 0 Å². The van der Waals surface area contributed by atoms with E-state index in [-0.39, 0.29) is 24.3 Å². The molecule has 1 aliphatic carbocycles. The van der Waals surface area contributed by atoms with Gasteiger partial charge in [-0.15, -0.1) is 0 Å². The largest absolute Gasteiger partial charge is 0.459 e. The van der Waals surface area contributed by atoms with Crippen LogP contribution in [-0.2, 0) is 10.0 Å². The standard InChI is InChI=1S/C15H22N2O4S/c18-15(14-8-4-10-21-14)17-9-3-7-13(11-17)22(19,20)16-12-5-1-2-6-12/h4,8,10,12-13,16H,1-3,5-7,9,11H2/t13-/m0/s1. The van der Waals surface area contributed by atoms with E-state index in [1.165, 1.54) is 6.26 Å². The third-order valence-corrected chi connectivity index (χ3v) is 6.45. The van der Waals surface area contributed by atoms with E-state index in [9.17, 15) is 13.2 Å². The highest BCUT2D eigenvalue weighted by Gasteiger charge is 2.35. The van der Waals surface area contributed by atoms with Crippen LogP contribution in [0.1, 0.15) is 49.1 Å². The first kappa shape index (κ1) is 15.6. The fourth-order valence-corrected chi connectivity index (χ4v) is 5.05. The zero-order chi connectivity index (χ0) is 15.6. The van der Waals surface area contributed by atoms with Gasteiger partial charge in [0.05, 0.1) is 11.5 Å². The van der Waals surface area contributed by atoms with Crippen LogP contribution in [0.15, 0.2) is 22.8 Å². The van der Waals surface area contributed by atoms with Gasteiger partial charge in [0.1, 0.15) is 0 Å². The Morgan fingerprint density at radius 3 is 2.68 bits per heavy atom. The Labute approximate surface area is 130 Å². The molecule has 1 aromatic rings. The van der Waals surface area contributed by atoms with Crippen molar-refractivity contribution in [3.8, 4) is 0 Å². The van der Waals surface area contributed by atoms with Gasteiger partial charge in [-0.1, -0.05) is 12.8 Å². The van der Waals surface area contributed by atoms with Crippen LogP contribution in [0.4, 0.5) is 0 Å². The highest BCUT2D eigenvalue weighted by molar-refractivity contribution is 7.90. The number of likely N-dealkylation sites (tertiary alicyclic amines) is 1. The molecule has 1 saturated carbocycles. The first-order chi connectivity index (χ1) is 10.6. The molecule has 0 spiro atoms. The molecule has 6 nitrogen and oxygen atoms in total. The Morgan fingerprint density at radius 1 is 1.23 bits per heavy atom. The number of sulfonamides is 1. The predicted octanol–water partition coefficient (Wildman–Crippen LogP) is 1.75. The van der Waals surface area contributed by atoms with E-state index in [1.54, 1.807) is 17.0 Å². The summed E-state index contributed by atoms with van der Waals surface area (Å²) in [5.41, 5.74) is 0. The molecule has 1 saturated heterocycles. The third kappa shape index (κ3) is 3.35. The number of hydrogen-bond acceptors (Lipinski definition) is 4. The maximum Gasteiger partial charge on any atom is 0.289 e. The molecule has 0 radical (unpaired) electrons. The number of carbonyl (C=O) groups is 1. The average Bonchev–Trinajstić information content (AvgIpc) is 3.19. The number of nitrogens with zero attached hydrogens (tertiary/aromatic N) is 1. The second-order valence-electron chi connectivity index (χ2n) is 6.14. The van der Waals surface area contributed by atoms with Gasteiger partial charge < -0.3 is 9.32 Å². The maximum atomic E-state index is 12.5. The van der Waals surface area contributed by atoms with Crippen LogP contribution < -0.4 is 4.72 Å². The number of carbonyl (C=O) groups excluding carboxylic acids is 1. The van der Waals surface area contributed by atoms with Gasteiger partial charge in [0.2, 0.25) is 10.0 Å². The number of nitrogens with one attached hydrogen (secondary N) is 1. The molecule has 1 atom stereocenters. The van der Waals surface area contributed by atoms with Crippen LogP contribution in [0.25, 0.3) is 0 Å². The summed E-state index contributed by atoms with van der Waals surface area (Å²) in [7, 11) is -3.38. The zero-order valence-corrected chi connectivity index (χ0v) is 13.3. The third-order valence-electron chi connectivity index (χ3n) is 4.52. The molecule has 0 unspecified atom stereocenters. The highest BCUT2D eigenvalue weighted by Crippen LogP contribution is 2.23. The highest BCUT2D eigenvalue weighted by atomic mass is 32.2. The van der Waals surface area contributed by atoms with Crippen molar-refractivity contribution < 1.29 is 17.6 Å². The molecule has 2 aliphatic rings. The zero-order valence-electron chi connectivity index (χ0n) is 12.5. The number of rotatable bonds is 4. The van der Waals surface area contributed by atoms with Gasteiger partial charge in [-0.05, 0) is 37.8 Å². The minimum Gasteiger partial charge on any atom is -0.459 e. The van der Waals surface area contributed by atoms with E-state index in [0.717, 1.165) is 25.7 Å². The first-order valence-corrected chi connectivity index (χ1v) is 9.45. The maximum absolute atomic E-state index is 12.5. The summed E-state index contributed by atoms with van der Waals surface area (Å²) in [5.74, 6) is 0.0348. The molecular weight excluding hydrogens is 304 g/mol. The number of piperidine rings is 1. The lowest BCUT2D eigenvalue weighted by atomic mass is 10.1. The summed E-state index contributed by atoms with van der Waals surface area (Å²) < 4.78 is 33.0. The van der Waals surface area contributed by atoms with Crippen LogP contribution in [-0.4, -0.2) is 43.6 Å². The van der Waals surface area contributed by atoms with Crippen molar-refractivity contribution in [2.24, 2.45) is 0 Å². The minimum absolute atomic E-state index is 0.0705. The Hall–Kier alpha value is -1.34. The van der Waals surface area contributed by atoms with Gasteiger partial charge >= 0.3 is 0 Å². The number of amides is 1. The summed E-state index contributed by atoms with van der Waals surface area (Å²) >= 11 is 0. The van der Waals surface area contributed by atoms with Crippen LogP contribution in [0.3, 0.4) is 0 Å². The molecule has 1 N–H and O–H groups in total. The molecule has 7 heteroatoms. The quantitative estimate of drug-likeness (QED) is 0.914. The van der Waals surface area contributed by atoms with Crippen molar-refractivity contribution >= 4 is 15.9 Å². The van der Waals surface area contributed by atoms with Crippen LogP contribution in [0, 0.1) is 0 Å². The van der Waals surface area contributed by atoms with Gasteiger partial charge in [0.25, 0.3) is 5.91 Å².